The fraction of sp³-hybridized carbons (Fsp3) is 0.750. The second-order valence-corrected chi connectivity index (χ2v) is 5.33. The van der Waals surface area contributed by atoms with Gasteiger partial charge in [0.1, 0.15) is 0 Å². The van der Waals surface area contributed by atoms with Crippen molar-refractivity contribution in [3.05, 3.63) is 0 Å². The fourth-order valence-corrected chi connectivity index (χ4v) is 3.05. The summed E-state index contributed by atoms with van der Waals surface area (Å²) in [6.07, 6.45) is -14.8. The number of hydrogen-bond donors (Lipinski definition) is 0. The summed E-state index contributed by atoms with van der Waals surface area (Å²) in [5, 5.41) is 0. The Labute approximate surface area is 115 Å². The molecule has 6 atom stereocenters. The molecule has 0 spiro atoms. The van der Waals surface area contributed by atoms with E-state index in [1.165, 1.54) is 0 Å². The minimum atomic E-state index is -4.63. The molecule has 0 aromatic carbocycles. The van der Waals surface area contributed by atoms with Gasteiger partial charge >= 0.3 is 22.7 Å². The SMILES string of the molecule is O=C1OC(F)C(C2OS(=O)(=O)OC2C2OC(=O)OC2F)O1. The predicted octanol–water partition coefficient (Wildman–Crippen LogP) is -0.323. The van der Waals surface area contributed by atoms with Gasteiger partial charge in [0.15, 0.2) is 12.2 Å². The highest BCUT2D eigenvalue weighted by Crippen LogP contribution is 2.36. The Morgan fingerprint density at radius 1 is 0.714 bits per heavy atom. The van der Waals surface area contributed by atoms with Crippen LogP contribution in [0.25, 0.3) is 0 Å². The molecule has 118 valence electrons. The van der Waals surface area contributed by atoms with E-state index in [2.05, 4.69) is 27.3 Å². The van der Waals surface area contributed by atoms with Gasteiger partial charge < -0.3 is 18.9 Å². The van der Waals surface area contributed by atoms with E-state index in [0.29, 0.717) is 0 Å². The Kier molecular flexibility index (Phi) is 3.14. The molecular weight excluding hydrogens is 326 g/mol. The lowest BCUT2D eigenvalue weighted by Gasteiger charge is -2.22. The summed E-state index contributed by atoms with van der Waals surface area (Å²) >= 11 is 0. The van der Waals surface area contributed by atoms with Crippen molar-refractivity contribution in [3.8, 4) is 0 Å². The first-order chi connectivity index (χ1) is 9.77. The number of rotatable bonds is 2. The van der Waals surface area contributed by atoms with Crippen molar-refractivity contribution in [2.75, 3.05) is 0 Å². The zero-order chi connectivity index (χ0) is 15.4. The molecule has 10 nitrogen and oxygen atoms in total. The molecule has 3 heterocycles. The molecule has 0 bridgehead atoms. The average Bonchev–Trinajstić information content (AvgIpc) is 2.95. The standard InChI is InChI=1S/C8H6F2O10S/c9-5-3(15-7(11)17-5)1-2(20-21(13,14)19-1)4-6(10)18-8(12)16-4/h1-6H. The fourth-order valence-electron chi connectivity index (χ4n) is 2.02. The zero-order valence-electron chi connectivity index (χ0n) is 9.71. The third-order valence-corrected chi connectivity index (χ3v) is 3.74. The second kappa shape index (κ2) is 4.64. The summed E-state index contributed by atoms with van der Waals surface area (Å²) in [4.78, 5) is 21.6. The predicted molar refractivity (Wildman–Crippen MR) is 51.2 cm³/mol. The monoisotopic (exact) mass is 332 g/mol. The van der Waals surface area contributed by atoms with Gasteiger partial charge in [0.2, 0.25) is 12.2 Å². The molecular formula is C8H6F2O10S. The summed E-state index contributed by atoms with van der Waals surface area (Å²) in [5.74, 6) is 0. The maximum Gasteiger partial charge on any atom is 0.511 e. The molecule has 13 heteroatoms. The van der Waals surface area contributed by atoms with Crippen LogP contribution < -0.4 is 0 Å². The molecule has 0 amide bonds. The molecule has 0 aromatic rings. The van der Waals surface area contributed by atoms with Gasteiger partial charge in [-0.15, -0.1) is 0 Å². The van der Waals surface area contributed by atoms with Gasteiger partial charge in [-0.2, -0.15) is 17.2 Å². The molecule has 0 aliphatic carbocycles. The van der Waals surface area contributed by atoms with Gasteiger partial charge in [0, 0.05) is 0 Å². The molecule has 3 aliphatic heterocycles. The van der Waals surface area contributed by atoms with Gasteiger partial charge in [-0.25, -0.2) is 18.0 Å². The molecule has 0 radical (unpaired) electrons. The van der Waals surface area contributed by atoms with Crippen LogP contribution in [0, 0.1) is 0 Å². The summed E-state index contributed by atoms with van der Waals surface area (Å²) in [6, 6.07) is 0. The summed E-state index contributed by atoms with van der Waals surface area (Å²) < 4.78 is 75.1. The van der Waals surface area contributed by atoms with Gasteiger partial charge in [-0.3, -0.25) is 0 Å². The molecule has 3 rings (SSSR count). The first kappa shape index (κ1) is 14.2. The molecule has 6 unspecified atom stereocenters. The lowest BCUT2D eigenvalue weighted by atomic mass is 10.0. The van der Waals surface area contributed by atoms with Crippen molar-refractivity contribution in [3.63, 3.8) is 0 Å². The van der Waals surface area contributed by atoms with E-state index in [4.69, 9.17) is 0 Å². The zero-order valence-corrected chi connectivity index (χ0v) is 10.5. The third kappa shape index (κ3) is 2.47. The van der Waals surface area contributed by atoms with Gasteiger partial charge in [0.05, 0.1) is 0 Å². The third-order valence-electron chi connectivity index (χ3n) is 2.83. The number of carbonyl (C=O) groups is 2. The van der Waals surface area contributed by atoms with Crippen LogP contribution in [-0.4, -0.2) is 57.9 Å². The van der Waals surface area contributed by atoms with Gasteiger partial charge in [-0.05, 0) is 0 Å². The molecule has 3 saturated heterocycles. The van der Waals surface area contributed by atoms with Gasteiger partial charge in [-0.1, -0.05) is 0 Å². The quantitative estimate of drug-likeness (QED) is 0.621. The highest BCUT2D eigenvalue weighted by Gasteiger charge is 2.60. The van der Waals surface area contributed by atoms with E-state index in [9.17, 15) is 26.8 Å². The number of alkyl halides is 2. The molecule has 0 N–H and O–H groups in total. The Morgan fingerprint density at radius 2 is 1.10 bits per heavy atom. The summed E-state index contributed by atoms with van der Waals surface area (Å²) in [7, 11) is -4.63. The Hall–Kier alpha value is -1.73. The van der Waals surface area contributed by atoms with Crippen LogP contribution >= 0.6 is 0 Å². The number of carbonyl (C=O) groups excluding carboxylic acids is 2. The number of cyclic esters (lactones) is 4. The minimum Gasteiger partial charge on any atom is -0.421 e. The average molecular weight is 332 g/mol. The van der Waals surface area contributed by atoms with Crippen LogP contribution in [0.1, 0.15) is 0 Å². The lowest BCUT2D eigenvalue weighted by Crippen LogP contribution is -2.47. The Morgan fingerprint density at radius 3 is 1.38 bits per heavy atom. The normalized spacial score (nSPS) is 44.9. The maximum atomic E-state index is 13.4. The van der Waals surface area contributed by atoms with Crippen molar-refractivity contribution in [2.45, 2.75) is 37.1 Å². The van der Waals surface area contributed by atoms with Crippen molar-refractivity contribution in [1.82, 2.24) is 0 Å². The minimum absolute atomic E-state index is 1.41. The molecule has 21 heavy (non-hydrogen) atoms. The first-order valence-corrected chi connectivity index (χ1v) is 6.74. The highest BCUT2D eigenvalue weighted by atomic mass is 32.3. The van der Waals surface area contributed by atoms with Crippen molar-refractivity contribution in [1.29, 1.82) is 0 Å². The second-order valence-electron chi connectivity index (χ2n) is 4.13. The molecule has 0 saturated carbocycles. The van der Waals surface area contributed by atoms with E-state index in [1.807, 2.05) is 0 Å². The molecule has 3 fully saturated rings. The topological polar surface area (TPSA) is 124 Å². The van der Waals surface area contributed by atoms with E-state index in [1.54, 1.807) is 0 Å². The smallest absolute Gasteiger partial charge is 0.421 e. The van der Waals surface area contributed by atoms with E-state index in [0.717, 1.165) is 0 Å². The van der Waals surface area contributed by atoms with Gasteiger partial charge in [0.25, 0.3) is 12.7 Å². The van der Waals surface area contributed by atoms with E-state index >= 15 is 0 Å². The summed E-state index contributed by atoms with van der Waals surface area (Å²) in [5.41, 5.74) is 0. The van der Waals surface area contributed by atoms with Crippen LogP contribution in [0.3, 0.4) is 0 Å². The number of halogens is 2. The van der Waals surface area contributed by atoms with Crippen LogP contribution in [0.4, 0.5) is 18.4 Å². The Bertz CT molecular complexity index is 534. The van der Waals surface area contributed by atoms with E-state index < -0.39 is 59.8 Å². The van der Waals surface area contributed by atoms with Crippen LogP contribution in [0.15, 0.2) is 0 Å². The van der Waals surface area contributed by atoms with E-state index in [-0.39, 0.29) is 0 Å². The van der Waals surface area contributed by atoms with Crippen molar-refractivity contribution in [2.24, 2.45) is 0 Å². The summed E-state index contributed by atoms with van der Waals surface area (Å²) in [6.45, 7) is 0. The first-order valence-electron chi connectivity index (χ1n) is 5.41. The van der Waals surface area contributed by atoms with Crippen LogP contribution in [0.5, 0.6) is 0 Å². The highest BCUT2D eigenvalue weighted by molar-refractivity contribution is 7.82. The molecule has 0 aromatic heterocycles. The van der Waals surface area contributed by atoms with Crippen LogP contribution in [-0.2, 0) is 37.7 Å². The van der Waals surface area contributed by atoms with Crippen LogP contribution in [0.2, 0.25) is 0 Å². The maximum absolute atomic E-state index is 13.4. The lowest BCUT2D eigenvalue weighted by molar-refractivity contribution is -0.0793. The Balaban J connectivity index is 1.86. The largest absolute Gasteiger partial charge is 0.511 e. The van der Waals surface area contributed by atoms with Crippen molar-refractivity contribution < 1.29 is 54.1 Å². The number of hydrogen-bond acceptors (Lipinski definition) is 10. The number of ether oxygens (including phenoxy) is 4. The van der Waals surface area contributed by atoms with Crippen molar-refractivity contribution >= 4 is 22.7 Å². The molecule has 3 aliphatic rings.